The molecule has 3 aromatic rings. The van der Waals surface area contributed by atoms with Crippen LogP contribution in [0, 0.1) is 0 Å². The number of rotatable bonds is 4. The van der Waals surface area contributed by atoms with Gasteiger partial charge in [0.25, 0.3) is 11.1 Å². The van der Waals surface area contributed by atoms with Crippen LogP contribution in [-0.4, -0.2) is 16.1 Å². The van der Waals surface area contributed by atoms with Gasteiger partial charge in [-0.25, -0.2) is 4.98 Å². The van der Waals surface area contributed by atoms with E-state index < -0.39 is 5.91 Å². The molecular weight excluding hydrogens is 392 g/mol. The number of halogens is 1. The average molecular weight is 403 g/mol. The maximum Gasteiger partial charge on any atom is 0.290 e. The second kappa shape index (κ2) is 7.11. The fourth-order valence-corrected chi connectivity index (χ4v) is 4.16. The number of ether oxygens (including phenoxy) is 1. The highest BCUT2D eigenvalue weighted by Gasteiger charge is 2.25. The third-order valence-electron chi connectivity index (χ3n) is 3.74. The van der Waals surface area contributed by atoms with Gasteiger partial charge in [-0.15, -0.1) is 11.3 Å². The van der Waals surface area contributed by atoms with Crippen molar-refractivity contribution in [1.82, 2.24) is 10.3 Å². The number of imide groups is 1. The number of nitrogens with one attached hydrogen (secondary N) is 1. The smallest absolute Gasteiger partial charge is 0.290 e. The van der Waals surface area contributed by atoms with Crippen LogP contribution >= 0.6 is 34.7 Å². The van der Waals surface area contributed by atoms with Crippen LogP contribution in [0.5, 0.6) is 5.75 Å². The molecule has 130 valence electrons. The number of benzene rings is 2. The number of hydrogen-bond acceptors (Lipinski definition) is 6. The summed E-state index contributed by atoms with van der Waals surface area (Å²) in [6.07, 6.45) is 3.37. The number of amides is 2. The minimum Gasteiger partial charge on any atom is -0.487 e. The summed E-state index contributed by atoms with van der Waals surface area (Å²) in [7, 11) is 0. The van der Waals surface area contributed by atoms with Crippen molar-refractivity contribution in [2.75, 3.05) is 0 Å². The average Bonchev–Trinajstić information content (AvgIpc) is 3.18. The van der Waals surface area contributed by atoms with Gasteiger partial charge in [-0.2, -0.15) is 0 Å². The molecule has 0 radical (unpaired) electrons. The van der Waals surface area contributed by atoms with Crippen molar-refractivity contribution in [2.24, 2.45) is 0 Å². The van der Waals surface area contributed by atoms with Gasteiger partial charge < -0.3 is 4.74 Å². The molecule has 2 heterocycles. The van der Waals surface area contributed by atoms with E-state index in [1.807, 2.05) is 36.4 Å². The summed E-state index contributed by atoms with van der Waals surface area (Å²) >= 11 is 8.09. The minimum absolute atomic E-state index is 0.317. The Hall–Kier alpha value is -2.35. The first-order valence-corrected chi connectivity index (χ1v) is 9.61. The highest BCUT2D eigenvalue weighted by molar-refractivity contribution is 8.18. The van der Waals surface area contributed by atoms with Crippen LogP contribution in [0.15, 0.2) is 47.5 Å². The Morgan fingerprint density at radius 1 is 1.19 bits per heavy atom. The van der Waals surface area contributed by atoms with Gasteiger partial charge in [0.15, 0.2) is 4.47 Å². The summed E-state index contributed by atoms with van der Waals surface area (Å²) in [4.78, 5) is 28.6. The van der Waals surface area contributed by atoms with Crippen molar-refractivity contribution in [3.8, 4) is 5.75 Å². The predicted molar refractivity (Wildman–Crippen MR) is 105 cm³/mol. The van der Waals surface area contributed by atoms with Gasteiger partial charge >= 0.3 is 0 Å². The van der Waals surface area contributed by atoms with Crippen LogP contribution in [0.25, 0.3) is 16.8 Å². The van der Waals surface area contributed by atoms with Crippen molar-refractivity contribution in [3.63, 3.8) is 0 Å². The van der Waals surface area contributed by atoms with E-state index in [1.54, 1.807) is 12.3 Å². The van der Waals surface area contributed by atoms with Crippen molar-refractivity contribution in [2.45, 2.75) is 6.61 Å². The maximum absolute atomic E-state index is 11.9. The number of carbonyl (C=O) groups excluding carboxylic acids is 2. The molecule has 1 aliphatic heterocycles. The molecule has 2 aromatic carbocycles. The number of nitrogens with zero attached hydrogens (tertiary/aromatic N) is 1. The lowest BCUT2D eigenvalue weighted by molar-refractivity contribution is -0.115. The molecule has 0 saturated carbocycles. The largest absolute Gasteiger partial charge is 0.487 e. The zero-order chi connectivity index (χ0) is 18.1. The monoisotopic (exact) mass is 402 g/mol. The lowest BCUT2D eigenvalue weighted by Gasteiger charge is -2.11. The summed E-state index contributed by atoms with van der Waals surface area (Å²) in [5.41, 5.74) is 0.756. The number of aromatic nitrogens is 1. The predicted octanol–water partition coefficient (Wildman–Crippen LogP) is 4.85. The van der Waals surface area contributed by atoms with Gasteiger partial charge in [-0.05, 0) is 34.7 Å². The molecular formula is C18H11ClN2O3S2. The number of hydrogen-bond donors (Lipinski definition) is 1. The zero-order valence-corrected chi connectivity index (χ0v) is 15.6. The second-order valence-electron chi connectivity index (χ2n) is 5.42. The molecule has 1 aliphatic rings. The second-order valence-corrected chi connectivity index (χ2v) is 8.13. The van der Waals surface area contributed by atoms with Gasteiger partial charge in [0, 0.05) is 11.8 Å². The van der Waals surface area contributed by atoms with E-state index in [-0.39, 0.29) is 5.24 Å². The molecule has 0 aliphatic carbocycles. The van der Waals surface area contributed by atoms with Gasteiger partial charge in [0.05, 0.1) is 9.78 Å². The fourth-order valence-electron chi connectivity index (χ4n) is 2.60. The first kappa shape index (κ1) is 17.1. The third kappa shape index (κ3) is 3.46. The summed E-state index contributed by atoms with van der Waals surface area (Å²) in [6, 6.07) is 11.6. The van der Waals surface area contributed by atoms with Gasteiger partial charge in [-0.1, -0.05) is 41.9 Å². The Balaban J connectivity index is 1.75. The lowest BCUT2D eigenvalue weighted by atomic mass is 10.0. The van der Waals surface area contributed by atoms with Crippen LogP contribution in [0.1, 0.15) is 10.4 Å². The van der Waals surface area contributed by atoms with Crippen molar-refractivity contribution in [1.29, 1.82) is 0 Å². The first-order valence-electron chi connectivity index (χ1n) is 7.60. The van der Waals surface area contributed by atoms with E-state index in [0.717, 1.165) is 33.0 Å². The van der Waals surface area contributed by atoms with Crippen molar-refractivity contribution < 1.29 is 14.3 Å². The van der Waals surface area contributed by atoms with Crippen LogP contribution in [0.2, 0.25) is 4.47 Å². The molecule has 1 N–H and O–H groups in total. The fraction of sp³-hybridized carbons (Fsp3) is 0.0556. The summed E-state index contributed by atoms with van der Waals surface area (Å²) in [5.74, 6) is 0.224. The zero-order valence-electron chi connectivity index (χ0n) is 13.2. The van der Waals surface area contributed by atoms with Crippen molar-refractivity contribution >= 4 is 62.7 Å². The molecule has 0 spiro atoms. The standard InChI is InChI=1S/C18H11ClN2O3S2/c19-17-20-8-11(25-17)9-24-14-6-5-10-3-1-2-4-12(10)13(14)7-15-16(22)21-18(23)26-15/h1-8H,9H2,(H,21,22,23)/b15-7+. The van der Waals surface area contributed by atoms with Crippen LogP contribution in [0.3, 0.4) is 0 Å². The summed E-state index contributed by atoms with van der Waals surface area (Å²) in [5, 5.41) is 3.85. The normalized spacial score (nSPS) is 15.7. The molecule has 8 heteroatoms. The molecule has 26 heavy (non-hydrogen) atoms. The van der Waals surface area contributed by atoms with E-state index in [0.29, 0.717) is 21.7 Å². The Labute approximate surface area is 162 Å². The van der Waals surface area contributed by atoms with Crippen LogP contribution in [-0.2, 0) is 11.4 Å². The molecule has 1 saturated heterocycles. The Morgan fingerprint density at radius 2 is 2.04 bits per heavy atom. The number of thiazole rings is 1. The highest BCUT2D eigenvalue weighted by atomic mass is 35.5. The maximum atomic E-state index is 11.9. The number of thioether (sulfide) groups is 1. The quantitative estimate of drug-likeness (QED) is 0.631. The molecule has 0 bridgehead atoms. The van der Waals surface area contributed by atoms with E-state index in [9.17, 15) is 9.59 Å². The molecule has 5 nitrogen and oxygen atoms in total. The van der Waals surface area contributed by atoms with E-state index in [1.165, 1.54) is 11.3 Å². The van der Waals surface area contributed by atoms with Crippen LogP contribution < -0.4 is 10.1 Å². The summed E-state index contributed by atoms with van der Waals surface area (Å²) < 4.78 is 6.42. The molecule has 2 amide bonds. The van der Waals surface area contributed by atoms with E-state index in [2.05, 4.69) is 10.3 Å². The minimum atomic E-state index is -0.395. The van der Waals surface area contributed by atoms with Gasteiger partial charge in [-0.3, -0.25) is 14.9 Å². The van der Waals surface area contributed by atoms with Crippen molar-refractivity contribution in [3.05, 3.63) is 62.4 Å². The SMILES string of the molecule is O=C1NC(=O)/C(=C\c2c(OCc3cnc(Cl)s3)ccc3ccccc23)S1. The molecule has 0 atom stereocenters. The number of carbonyl (C=O) groups is 2. The van der Waals surface area contributed by atoms with Crippen LogP contribution in [0.4, 0.5) is 4.79 Å². The molecule has 1 aromatic heterocycles. The first-order chi connectivity index (χ1) is 12.6. The Kier molecular flexibility index (Phi) is 4.67. The van der Waals surface area contributed by atoms with Gasteiger partial charge in [0.2, 0.25) is 0 Å². The Bertz CT molecular complexity index is 1060. The Morgan fingerprint density at radius 3 is 2.77 bits per heavy atom. The van der Waals surface area contributed by atoms with E-state index in [4.69, 9.17) is 16.3 Å². The summed E-state index contributed by atoms with van der Waals surface area (Å²) in [6.45, 7) is 0.317. The highest BCUT2D eigenvalue weighted by Crippen LogP contribution is 2.34. The molecule has 1 fully saturated rings. The third-order valence-corrected chi connectivity index (χ3v) is 5.64. The molecule has 0 unspecified atom stereocenters. The van der Waals surface area contributed by atoms with E-state index >= 15 is 0 Å². The topological polar surface area (TPSA) is 68.3 Å². The lowest BCUT2D eigenvalue weighted by Crippen LogP contribution is -2.17. The molecule has 4 rings (SSSR count). The number of fused-ring (bicyclic) bond motifs is 1. The van der Waals surface area contributed by atoms with Gasteiger partial charge in [0.1, 0.15) is 12.4 Å².